The fourth-order valence-corrected chi connectivity index (χ4v) is 3.64. The van der Waals surface area contributed by atoms with Gasteiger partial charge in [0.05, 0.1) is 0 Å². The Bertz CT molecular complexity index is 659. The van der Waals surface area contributed by atoms with E-state index in [-0.39, 0.29) is 5.56 Å². The molecule has 1 aromatic rings. The molecule has 0 unspecified atom stereocenters. The summed E-state index contributed by atoms with van der Waals surface area (Å²) in [5.41, 5.74) is 0.0614. The van der Waals surface area contributed by atoms with Crippen LogP contribution in [0.5, 0.6) is 0 Å². The van der Waals surface area contributed by atoms with Gasteiger partial charge >= 0.3 is 11.8 Å². The van der Waals surface area contributed by atoms with Crippen LogP contribution in [0.1, 0.15) is 56.6 Å². The van der Waals surface area contributed by atoms with Crippen molar-refractivity contribution in [2.45, 2.75) is 57.3 Å². The lowest BCUT2D eigenvalue weighted by atomic mass is 9.79. The van der Waals surface area contributed by atoms with E-state index in [0.717, 1.165) is 43.4 Å². The van der Waals surface area contributed by atoms with Gasteiger partial charge in [-0.25, -0.2) is 0 Å². The summed E-state index contributed by atoms with van der Waals surface area (Å²) in [6, 6.07) is 6.74. The van der Waals surface area contributed by atoms with Gasteiger partial charge in [-0.05, 0) is 42.7 Å². The molecule has 0 amide bonds. The van der Waals surface area contributed by atoms with Crippen LogP contribution in [0.25, 0.3) is 5.57 Å². The highest BCUT2D eigenvalue weighted by Gasteiger charge is 2.60. The van der Waals surface area contributed by atoms with Gasteiger partial charge in [0.2, 0.25) is 0 Å². The number of allylic oxidation sites excluding steroid dienone is 4. The first kappa shape index (κ1) is 17.2. The minimum Gasteiger partial charge on any atom is -0.194 e. The predicted molar refractivity (Wildman–Crippen MR) is 88.4 cm³/mol. The van der Waals surface area contributed by atoms with E-state index in [1.807, 2.05) is 12.1 Å². The van der Waals surface area contributed by atoms with Crippen molar-refractivity contribution in [3.63, 3.8) is 0 Å². The van der Waals surface area contributed by atoms with Crippen molar-refractivity contribution in [3.05, 3.63) is 53.1 Å². The molecule has 0 radical (unpaired) electrons. The standard InChI is InChI=1S/C20H22F4/c1-13-3-6-15(7-4-13)16-8-10-17(11-9-16)18-12-5-14(2)19(21,22)20(18,23)24/h5,8-13,15H,3-4,6-7H2,1-2H3. The Balaban J connectivity index is 1.86. The molecule has 0 spiro atoms. The lowest BCUT2D eigenvalue weighted by Gasteiger charge is -2.32. The monoisotopic (exact) mass is 338 g/mol. The van der Waals surface area contributed by atoms with Gasteiger partial charge in [0.15, 0.2) is 0 Å². The molecule has 2 aliphatic rings. The summed E-state index contributed by atoms with van der Waals surface area (Å²) in [4.78, 5) is 0. The smallest absolute Gasteiger partial charge is 0.194 e. The number of hydrogen-bond acceptors (Lipinski definition) is 0. The topological polar surface area (TPSA) is 0 Å². The first-order valence-electron chi connectivity index (χ1n) is 8.49. The van der Waals surface area contributed by atoms with Crippen molar-refractivity contribution >= 4 is 5.57 Å². The summed E-state index contributed by atoms with van der Waals surface area (Å²) >= 11 is 0. The second kappa shape index (κ2) is 6.05. The van der Waals surface area contributed by atoms with Crippen molar-refractivity contribution < 1.29 is 17.6 Å². The molecule has 1 fully saturated rings. The van der Waals surface area contributed by atoms with E-state index >= 15 is 0 Å². The number of alkyl halides is 4. The highest BCUT2D eigenvalue weighted by Crippen LogP contribution is 2.50. The molecule has 24 heavy (non-hydrogen) atoms. The lowest BCUT2D eigenvalue weighted by molar-refractivity contribution is -0.148. The lowest BCUT2D eigenvalue weighted by Crippen LogP contribution is -2.43. The molecule has 3 rings (SSSR count). The van der Waals surface area contributed by atoms with E-state index in [4.69, 9.17) is 0 Å². The molecule has 2 aliphatic carbocycles. The van der Waals surface area contributed by atoms with E-state index in [1.165, 1.54) is 12.8 Å². The van der Waals surface area contributed by atoms with Gasteiger partial charge in [0.1, 0.15) is 0 Å². The van der Waals surface area contributed by atoms with Gasteiger partial charge < -0.3 is 0 Å². The van der Waals surface area contributed by atoms with E-state index in [9.17, 15) is 17.6 Å². The molecule has 0 atom stereocenters. The van der Waals surface area contributed by atoms with Gasteiger partial charge in [-0.2, -0.15) is 17.6 Å². The molecular weight excluding hydrogens is 316 g/mol. The minimum atomic E-state index is -4.19. The largest absolute Gasteiger partial charge is 0.339 e. The average molecular weight is 338 g/mol. The predicted octanol–water partition coefficient (Wildman–Crippen LogP) is 6.59. The van der Waals surface area contributed by atoms with Gasteiger partial charge in [0, 0.05) is 11.1 Å². The van der Waals surface area contributed by atoms with Crippen LogP contribution in [-0.2, 0) is 0 Å². The Hall–Kier alpha value is -1.58. The Morgan fingerprint density at radius 3 is 2.00 bits per heavy atom. The van der Waals surface area contributed by atoms with Crippen LogP contribution in [0.2, 0.25) is 0 Å². The number of benzene rings is 1. The first-order valence-corrected chi connectivity index (χ1v) is 8.49. The Morgan fingerprint density at radius 1 is 0.833 bits per heavy atom. The summed E-state index contributed by atoms with van der Waals surface area (Å²) in [5, 5.41) is 0. The molecule has 130 valence electrons. The maximum Gasteiger partial charge on any atom is 0.339 e. The van der Waals surface area contributed by atoms with Crippen molar-refractivity contribution in [1.29, 1.82) is 0 Å². The highest BCUT2D eigenvalue weighted by molar-refractivity contribution is 5.76. The van der Waals surface area contributed by atoms with Crippen molar-refractivity contribution in [1.82, 2.24) is 0 Å². The number of rotatable bonds is 2. The molecule has 0 bridgehead atoms. The maximum absolute atomic E-state index is 14.2. The van der Waals surface area contributed by atoms with Crippen LogP contribution in [-0.4, -0.2) is 11.8 Å². The zero-order valence-corrected chi connectivity index (χ0v) is 14.0. The summed E-state index contributed by atoms with van der Waals surface area (Å²) in [7, 11) is 0. The van der Waals surface area contributed by atoms with Crippen molar-refractivity contribution in [2.24, 2.45) is 5.92 Å². The fraction of sp³-hybridized carbons (Fsp3) is 0.500. The molecule has 0 aliphatic heterocycles. The van der Waals surface area contributed by atoms with Gasteiger partial charge in [-0.15, -0.1) is 0 Å². The van der Waals surface area contributed by atoms with Crippen LogP contribution < -0.4 is 0 Å². The zero-order chi connectivity index (χ0) is 17.5. The summed E-state index contributed by atoms with van der Waals surface area (Å²) < 4.78 is 56.2. The summed E-state index contributed by atoms with van der Waals surface area (Å²) in [6.07, 6.45) is 6.74. The molecule has 0 heterocycles. The zero-order valence-electron chi connectivity index (χ0n) is 14.0. The van der Waals surface area contributed by atoms with Crippen LogP contribution in [0.4, 0.5) is 17.6 Å². The second-order valence-electron chi connectivity index (χ2n) is 7.16. The van der Waals surface area contributed by atoms with Crippen LogP contribution in [0.3, 0.4) is 0 Å². The first-order chi connectivity index (χ1) is 11.2. The Morgan fingerprint density at radius 2 is 1.42 bits per heavy atom. The van der Waals surface area contributed by atoms with Crippen LogP contribution in [0.15, 0.2) is 42.0 Å². The van der Waals surface area contributed by atoms with Crippen LogP contribution in [0, 0.1) is 5.92 Å². The third kappa shape index (κ3) is 2.80. The average Bonchev–Trinajstić information content (AvgIpc) is 2.54. The molecule has 1 aromatic carbocycles. The molecule has 0 nitrogen and oxygen atoms in total. The Labute approximate surface area is 140 Å². The molecule has 0 aromatic heterocycles. The molecule has 0 N–H and O–H groups in total. The fourth-order valence-electron chi connectivity index (χ4n) is 3.64. The maximum atomic E-state index is 14.2. The normalized spacial score (nSPS) is 28.9. The van der Waals surface area contributed by atoms with Gasteiger partial charge in [-0.1, -0.05) is 56.2 Å². The molecular formula is C20H22F4. The third-order valence-electron chi connectivity index (χ3n) is 5.44. The third-order valence-corrected chi connectivity index (χ3v) is 5.44. The van der Waals surface area contributed by atoms with Gasteiger partial charge in [0.25, 0.3) is 0 Å². The van der Waals surface area contributed by atoms with Crippen LogP contribution >= 0.6 is 0 Å². The molecule has 4 heteroatoms. The molecule has 0 saturated heterocycles. The number of hydrogen-bond donors (Lipinski definition) is 0. The highest BCUT2D eigenvalue weighted by atomic mass is 19.3. The van der Waals surface area contributed by atoms with E-state index < -0.39 is 23.0 Å². The SMILES string of the molecule is CC1=CC=C(c2ccc(C3CCC(C)CC3)cc2)C(F)(F)C1(F)F. The Kier molecular flexibility index (Phi) is 4.35. The summed E-state index contributed by atoms with van der Waals surface area (Å²) in [5.74, 6) is -7.15. The minimum absolute atomic E-state index is 0.163. The molecule has 1 saturated carbocycles. The van der Waals surface area contributed by atoms with Crippen molar-refractivity contribution in [2.75, 3.05) is 0 Å². The van der Waals surface area contributed by atoms with Crippen molar-refractivity contribution in [3.8, 4) is 0 Å². The summed E-state index contributed by atoms with van der Waals surface area (Å²) in [6.45, 7) is 3.28. The van der Waals surface area contributed by atoms with E-state index in [0.29, 0.717) is 5.92 Å². The second-order valence-corrected chi connectivity index (χ2v) is 7.16. The quantitative estimate of drug-likeness (QED) is 0.533. The van der Waals surface area contributed by atoms with E-state index in [2.05, 4.69) is 6.92 Å². The van der Waals surface area contributed by atoms with E-state index in [1.54, 1.807) is 12.1 Å². The van der Waals surface area contributed by atoms with Gasteiger partial charge in [-0.3, -0.25) is 0 Å². The number of halogens is 4.